The lowest BCUT2D eigenvalue weighted by molar-refractivity contribution is -0.174. The molecule has 0 saturated heterocycles. The van der Waals surface area contributed by atoms with Gasteiger partial charge >= 0.3 is 23.9 Å². The molecule has 1 aromatic carbocycles. The SMILES string of the molecule is CCC(CC)C(=O)OCOC(=O)C1C(CSc2ccc(F)c(C)c2)CC2C(C(=O)OCOC(=O)C(CC)CC)C21. The standard InChI is InChI=1S/C30H41FO8S/c1-6-18(7-2)27(32)36-15-38-29(34)24-20(14-40-21-10-11-23(31)17(5)12-21)13-22-25(24)26(22)30(35)39-16-37-28(33)19(8-3)9-4/h10-12,18-20,22,24-26H,6-9,13-16H2,1-5H3. The van der Waals surface area contributed by atoms with E-state index < -0.39 is 49.3 Å². The predicted molar refractivity (Wildman–Crippen MR) is 146 cm³/mol. The highest BCUT2D eigenvalue weighted by atomic mass is 32.2. The Hall–Kier alpha value is -2.62. The molecule has 40 heavy (non-hydrogen) atoms. The van der Waals surface area contributed by atoms with Crippen LogP contribution in [0.1, 0.15) is 65.4 Å². The van der Waals surface area contributed by atoms with Gasteiger partial charge in [-0.3, -0.25) is 19.2 Å². The van der Waals surface area contributed by atoms with E-state index in [1.807, 2.05) is 27.7 Å². The van der Waals surface area contributed by atoms with E-state index in [0.29, 0.717) is 43.4 Å². The maximum atomic E-state index is 13.7. The topological polar surface area (TPSA) is 105 Å². The molecule has 222 valence electrons. The highest BCUT2D eigenvalue weighted by Gasteiger charge is 2.67. The summed E-state index contributed by atoms with van der Waals surface area (Å²) in [6.07, 6.45) is 3.18. The molecule has 1 aromatic rings. The van der Waals surface area contributed by atoms with Crippen molar-refractivity contribution in [2.24, 2.45) is 41.4 Å². The first kappa shape index (κ1) is 31.9. The van der Waals surface area contributed by atoms with Gasteiger partial charge in [-0.15, -0.1) is 11.8 Å². The van der Waals surface area contributed by atoms with E-state index in [-0.39, 0.29) is 35.4 Å². The van der Waals surface area contributed by atoms with Gasteiger partial charge in [-0.05, 0) is 80.5 Å². The monoisotopic (exact) mass is 580 g/mol. The molecule has 3 rings (SSSR count). The Morgan fingerprint density at radius 1 is 0.850 bits per heavy atom. The molecule has 0 N–H and O–H groups in total. The number of carbonyl (C=O) groups excluding carboxylic acids is 4. The largest absolute Gasteiger partial charge is 0.428 e. The summed E-state index contributed by atoms with van der Waals surface area (Å²) in [5, 5.41) is 0. The van der Waals surface area contributed by atoms with Crippen molar-refractivity contribution in [3.05, 3.63) is 29.6 Å². The van der Waals surface area contributed by atoms with Crippen LogP contribution in [-0.4, -0.2) is 43.2 Å². The van der Waals surface area contributed by atoms with E-state index in [1.54, 1.807) is 19.1 Å². The van der Waals surface area contributed by atoms with Crippen LogP contribution in [0.5, 0.6) is 0 Å². The van der Waals surface area contributed by atoms with Gasteiger partial charge in [0.1, 0.15) is 5.82 Å². The third-order valence-electron chi connectivity index (χ3n) is 8.31. The number of hydrogen-bond donors (Lipinski definition) is 0. The molecule has 2 saturated carbocycles. The first-order valence-corrected chi connectivity index (χ1v) is 15.2. The van der Waals surface area contributed by atoms with Crippen molar-refractivity contribution >= 4 is 35.6 Å². The van der Waals surface area contributed by atoms with Gasteiger partial charge in [0, 0.05) is 10.6 Å². The van der Waals surface area contributed by atoms with Gasteiger partial charge in [-0.25, -0.2) is 4.39 Å². The predicted octanol–water partition coefficient (Wildman–Crippen LogP) is 5.68. The second-order valence-electron chi connectivity index (χ2n) is 10.6. The van der Waals surface area contributed by atoms with Gasteiger partial charge < -0.3 is 18.9 Å². The second kappa shape index (κ2) is 14.8. The van der Waals surface area contributed by atoms with Crippen molar-refractivity contribution in [2.45, 2.75) is 71.6 Å². The summed E-state index contributed by atoms with van der Waals surface area (Å²) in [4.78, 5) is 51.2. The number of hydrogen-bond acceptors (Lipinski definition) is 9. The van der Waals surface area contributed by atoms with Crippen LogP contribution in [0.4, 0.5) is 4.39 Å². The number of carbonyl (C=O) groups is 4. The second-order valence-corrected chi connectivity index (χ2v) is 11.7. The molecule has 0 amide bonds. The average molecular weight is 581 g/mol. The van der Waals surface area contributed by atoms with Gasteiger partial charge in [-0.1, -0.05) is 27.7 Å². The van der Waals surface area contributed by atoms with E-state index in [4.69, 9.17) is 18.9 Å². The number of esters is 4. The minimum atomic E-state index is -0.574. The van der Waals surface area contributed by atoms with Crippen molar-refractivity contribution < 1.29 is 42.5 Å². The summed E-state index contributed by atoms with van der Waals surface area (Å²) >= 11 is 1.52. The molecule has 0 bridgehead atoms. The molecule has 2 aliphatic carbocycles. The van der Waals surface area contributed by atoms with Crippen molar-refractivity contribution in [1.29, 1.82) is 0 Å². The summed E-state index contributed by atoms with van der Waals surface area (Å²) < 4.78 is 34.6. The Balaban J connectivity index is 1.60. The zero-order valence-corrected chi connectivity index (χ0v) is 24.8. The van der Waals surface area contributed by atoms with E-state index in [9.17, 15) is 23.6 Å². The zero-order valence-electron chi connectivity index (χ0n) is 24.0. The van der Waals surface area contributed by atoms with Crippen molar-refractivity contribution in [1.82, 2.24) is 0 Å². The highest BCUT2D eigenvalue weighted by Crippen LogP contribution is 2.64. The van der Waals surface area contributed by atoms with Gasteiger partial charge in [0.15, 0.2) is 0 Å². The minimum Gasteiger partial charge on any atom is -0.428 e. The summed E-state index contributed by atoms with van der Waals surface area (Å²) in [5.74, 6) is -3.43. The molecule has 0 aliphatic heterocycles. The summed E-state index contributed by atoms with van der Waals surface area (Å²) in [7, 11) is 0. The maximum Gasteiger partial charge on any atom is 0.312 e. The molecular weight excluding hydrogens is 539 g/mol. The molecule has 0 aromatic heterocycles. The van der Waals surface area contributed by atoms with Crippen LogP contribution in [0.25, 0.3) is 0 Å². The van der Waals surface area contributed by atoms with Crippen LogP contribution >= 0.6 is 11.8 Å². The fourth-order valence-corrected chi connectivity index (χ4v) is 6.91. The van der Waals surface area contributed by atoms with Gasteiger partial charge in [0.2, 0.25) is 13.6 Å². The Bertz CT molecular complexity index is 1050. The van der Waals surface area contributed by atoms with Gasteiger partial charge in [0.05, 0.1) is 23.7 Å². The van der Waals surface area contributed by atoms with Crippen molar-refractivity contribution in [3.8, 4) is 0 Å². The molecule has 5 atom stereocenters. The first-order valence-electron chi connectivity index (χ1n) is 14.2. The zero-order chi connectivity index (χ0) is 29.4. The van der Waals surface area contributed by atoms with Crippen LogP contribution in [0.3, 0.4) is 0 Å². The average Bonchev–Trinajstić information content (AvgIpc) is 3.50. The molecule has 2 fully saturated rings. The van der Waals surface area contributed by atoms with E-state index in [0.717, 1.165) is 4.90 Å². The molecular formula is C30H41FO8S. The lowest BCUT2D eigenvalue weighted by Gasteiger charge is -2.23. The smallest absolute Gasteiger partial charge is 0.312 e. The molecule has 2 aliphatic rings. The quantitative estimate of drug-likeness (QED) is 0.147. The van der Waals surface area contributed by atoms with Crippen molar-refractivity contribution in [3.63, 3.8) is 0 Å². The normalized spacial score (nSPS) is 23.1. The summed E-state index contributed by atoms with van der Waals surface area (Å²) in [6, 6.07) is 4.89. The number of halogens is 1. The van der Waals surface area contributed by atoms with Crippen LogP contribution < -0.4 is 0 Å². The molecule has 0 radical (unpaired) electrons. The highest BCUT2D eigenvalue weighted by molar-refractivity contribution is 7.99. The summed E-state index contributed by atoms with van der Waals surface area (Å²) in [6.45, 7) is 8.35. The molecule has 0 heterocycles. The number of benzene rings is 1. The Labute approximate surface area is 240 Å². The van der Waals surface area contributed by atoms with Gasteiger partial charge in [0.25, 0.3) is 0 Å². The first-order chi connectivity index (χ1) is 19.2. The van der Waals surface area contributed by atoms with Crippen LogP contribution in [-0.2, 0) is 38.1 Å². The number of rotatable bonds is 15. The van der Waals surface area contributed by atoms with Crippen LogP contribution in [0.2, 0.25) is 0 Å². The van der Waals surface area contributed by atoms with E-state index in [1.165, 1.54) is 17.8 Å². The third kappa shape index (κ3) is 7.77. The third-order valence-corrected chi connectivity index (χ3v) is 9.49. The van der Waals surface area contributed by atoms with Crippen molar-refractivity contribution in [2.75, 3.05) is 19.3 Å². The Morgan fingerprint density at radius 2 is 1.38 bits per heavy atom. The molecule has 5 unspecified atom stereocenters. The fraction of sp³-hybridized carbons (Fsp3) is 0.667. The molecule has 8 nitrogen and oxygen atoms in total. The number of ether oxygens (including phenoxy) is 4. The number of fused-ring (bicyclic) bond motifs is 1. The van der Waals surface area contributed by atoms with E-state index >= 15 is 0 Å². The lowest BCUT2D eigenvalue weighted by Crippen LogP contribution is -2.30. The molecule has 10 heteroatoms. The number of aryl methyl sites for hydroxylation is 1. The lowest BCUT2D eigenvalue weighted by atomic mass is 9.90. The summed E-state index contributed by atoms with van der Waals surface area (Å²) in [5.41, 5.74) is 0.544. The number of thioether (sulfide) groups is 1. The Morgan fingerprint density at radius 3 is 1.88 bits per heavy atom. The molecule has 0 spiro atoms. The Kier molecular flexibility index (Phi) is 11.8. The fourth-order valence-electron chi connectivity index (χ4n) is 5.73. The van der Waals surface area contributed by atoms with Crippen LogP contribution in [0, 0.1) is 54.2 Å². The maximum absolute atomic E-state index is 13.7. The van der Waals surface area contributed by atoms with Crippen LogP contribution in [0.15, 0.2) is 23.1 Å². The minimum absolute atomic E-state index is 0.0487. The van der Waals surface area contributed by atoms with Gasteiger partial charge in [-0.2, -0.15) is 0 Å². The van der Waals surface area contributed by atoms with E-state index in [2.05, 4.69) is 0 Å².